The Balaban J connectivity index is 1.68. The van der Waals surface area contributed by atoms with Gasteiger partial charge in [0.05, 0.1) is 0 Å². The van der Waals surface area contributed by atoms with Crippen molar-refractivity contribution in [3.63, 3.8) is 0 Å². The first-order valence-corrected chi connectivity index (χ1v) is 8.25. The van der Waals surface area contributed by atoms with Gasteiger partial charge in [0.25, 0.3) is 0 Å². The fraction of sp³-hybridized carbons (Fsp3) is 0.750. The number of anilines is 1. The first kappa shape index (κ1) is 11.8. The topological polar surface area (TPSA) is 42.1 Å². The zero-order chi connectivity index (χ0) is 11.7. The van der Waals surface area contributed by atoms with Gasteiger partial charge in [-0.05, 0) is 12.8 Å². The number of nitrogen functional groups attached to an aromatic ring is 1. The molecule has 1 aliphatic carbocycles. The molecule has 2 aliphatic rings. The van der Waals surface area contributed by atoms with Crippen molar-refractivity contribution < 1.29 is 0 Å². The summed E-state index contributed by atoms with van der Waals surface area (Å²) in [5.74, 6) is 1.29. The number of fused-ring (bicyclic) bond motifs is 1. The lowest BCUT2D eigenvalue weighted by Crippen LogP contribution is -2.48. The maximum Gasteiger partial charge on any atom is 0.180 e. The average molecular weight is 269 g/mol. The van der Waals surface area contributed by atoms with E-state index in [4.69, 9.17) is 5.73 Å². The Hall–Kier alpha value is -0.260. The van der Waals surface area contributed by atoms with Crippen LogP contribution in [0.3, 0.4) is 0 Å². The minimum atomic E-state index is 0.701. The highest BCUT2D eigenvalue weighted by Crippen LogP contribution is 2.36. The van der Waals surface area contributed by atoms with Crippen molar-refractivity contribution in [3.8, 4) is 0 Å². The standard InChI is InChI=1S/C12H19N3S2/c13-12-14-7-9(17-12)8-15-5-6-16-11-4-2-1-3-10(11)15/h7,10-11H,1-6,8H2,(H2,13,14). The van der Waals surface area contributed by atoms with Gasteiger partial charge in [0.1, 0.15) is 0 Å². The average Bonchev–Trinajstić information content (AvgIpc) is 2.75. The van der Waals surface area contributed by atoms with Crippen LogP contribution in [-0.2, 0) is 6.54 Å². The lowest BCUT2D eigenvalue weighted by molar-refractivity contribution is 0.156. The number of rotatable bonds is 2. The Morgan fingerprint density at radius 3 is 3.12 bits per heavy atom. The molecule has 1 aliphatic heterocycles. The molecule has 3 nitrogen and oxygen atoms in total. The Labute approximate surface area is 111 Å². The summed E-state index contributed by atoms with van der Waals surface area (Å²) in [6.45, 7) is 2.28. The summed E-state index contributed by atoms with van der Waals surface area (Å²) >= 11 is 3.83. The van der Waals surface area contributed by atoms with Crippen LogP contribution in [-0.4, -0.2) is 33.5 Å². The molecule has 1 aromatic heterocycles. The summed E-state index contributed by atoms with van der Waals surface area (Å²) in [4.78, 5) is 8.13. The van der Waals surface area contributed by atoms with E-state index in [1.807, 2.05) is 6.20 Å². The molecule has 1 aromatic rings. The van der Waals surface area contributed by atoms with E-state index in [1.54, 1.807) is 11.3 Å². The second-order valence-corrected chi connectivity index (χ2v) is 7.39. The van der Waals surface area contributed by atoms with Gasteiger partial charge in [0.15, 0.2) is 5.13 Å². The third kappa shape index (κ3) is 2.61. The summed E-state index contributed by atoms with van der Waals surface area (Å²) in [6.07, 6.45) is 7.57. The molecule has 2 N–H and O–H groups in total. The van der Waals surface area contributed by atoms with Gasteiger partial charge < -0.3 is 5.73 Å². The third-order valence-corrected chi connectivity index (χ3v) is 5.99. The summed E-state index contributed by atoms with van der Waals surface area (Å²) in [5.41, 5.74) is 5.70. The van der Waals surface area contributed by atoms with Crippen LogP contribution in [0.5, 0.6) is 0 Å². The number of hydrogen-bond donors (Lipinski definition) is 1. The molecule has 0 bridgehead atoms. The number of thioether (sulfide) groups is 1. The minimum Gasteiger partial charge on any atom is -0.375 e. The molecule has 0 amide bonds. The van der Waals surface area contributed by atoms with Gasteiger partial charge in [-0.25, -0.2) is 4.98 Å². The van der Waals surface area contributed by atoms with Crippen molar-refractivity contribution in [1.29, 1.82) is 0 Å². The highest BCUT2D eigenvalue weighted by molar-refractivity contribution is 8.00. The van der Waals surface area contributed by atoms with Crippen LogP contribution in [0.15, 0.2) is 6.20 Å². The SMILES string of the molecule is Nc1ncc(CN2CCSC3CCCCC32)s1. The second kappa shape index (κ2) is 5.16. The molecule has 1 saturated carbocycles. The maximum absolute atomic E-state index is 5.70. The van der Waals surface area contributed by atoms with Gasteiger partial charge in [0.2, 0.25) is 0 Å². The molecule has 3 rings (SSSR count). The van der Waals surface area contributed by atoms with Gasteiger partial charge in [-0.3, -0.25) is 4.90 Å². The van der Waals surface area contributed by atoms with E-state index in [1.165, 1.54) is 42.9 Å². The monoisotopic (exact) mass is 269 g/mol. The Bertz CT molecular complexity index is 378. The molecule has 94 valence electrons. The highest BCUT2D eigenvalue weighted by Gasteiger charge is 2.33. The van der Waals surface area contributed by atoms with Crippen LogP contribution in [0.4, 0.5) is 5.13 Å². The number of hydrogen-bond acceptors (Lipinski definition) is 5. The highest BCUT2D eigenvalue weighted by atomic mass is 32.2. The van der Waals surface area contributed by atoms with E-state index >= 15 is 0 Å². The molecule has 1 saturated heterocycles. The van der Waals surface area contributed by atoms with Crippen molar-refractivity contribution in [1.82, 2.24) is 9.88 Å². The molecule has 0 aromatic carbocycles. The van der Waals surface area contributed by atoms with Crippen LogP contribution in [0, 0.1) is 0 Å². The molecule has 17 heavy (non-hydrogen) atoms. The minimum absolute atomic E-state index is 0.701. The Morgan fingerprint density at radius 1 is 1.41 bits per heavy atom. The van der Waals surface area contributed by atoms with Crippen LogP contribution in [0.2, 0.25) is 0 Å². The third-order valence-electron chi connectivity index (χ3n) is 3.78. The molecular weight excluding hydrogens is 250 g/mol. The van der Waals surface area contributed by atoms with Crippen LogP contribution in [0.25, 0.3) is 0 Å². The first-order chi connectivity index (χ1) is 8.33. The number of thiazole rings is 1. The zero-order valence-corrected chi connectivity index (χ0v) is 11.6. The van der Waals surface area contributed by atoms with Crippen LogP contribution in [0.1, 0.15) is 30.6 Å². The molecule has 2 heterocycles. The predicted octanol–water partition coefficient (Wildman–Crippen LogP) is 2.59. The predicted molar refractivity (Wildman–Crippen MR) is 75.4 cm³/mol. The van der Waals surface area contributed by atoms with Crippen molar-refractivity contribution in [3.05, 3.63) is 11.1 Å². The molecular formula is C12H19N3S2. The fourth-order valence-electron chi connectivity index (χ4n) is 2.97. The van der Waals surface area contributed by atoms with E-state index in [0.717, 1.165) is 17.8 Å². The van der Waals surface area contributed by atoms with Crippen molar-refractivity contribution in [2.45, 2.75) is 43.5 Å². The van der Waals surface area contributed by atoms with Gasteiger partial charge in [-0.2, -0.15) is 11.8 Å². The summed E-state index contributed by atoms with van der Waals surface area (Å²) in [7, 11) is 0. The van der Waals surface area contributed by atoms with E-state index in [2.05, 4.69) is 21.6 Å². The second-order valence-electron chi connectivity index (χ2n) is 4.90. The van der Waals surface area contributed by atoms with Crippen molar-refractivity contribution in [2.75, 3.05) is 18.0 Å². The number of nitrogens with zero attached hydrogens (tertiary/aromatic N) is 2. The molecule has 0 radical (unpaired) electrons. The van der Waals surface area contributed by atoms with Crippen LogP contribution >= 0.6 is 23.1 Å². The Morgan fingerprint density at radius 2 is 2.29 bits per heavy atom. The largest absolute Gasteiger partial charge is 0.375 e. The van der Waals surface area contributed by atoms with Crippen LogP contribution < -0.4 is 5.73 Å². The van der Waals surface area contributed by atoms with E-state index in [9.17, 15) is 0 Å². The van der Waals surface area contributed by atoms with Crippen molar-refractivity contribution in [2.24, 2.45) is 0 Å². The lowest BCUT2D eigenvalue weighted by Gasteiger charge is -2.43. The molecule has 5 heteroatoms. The van der Waals surface area contributed by atoms with Gasteiger partial charge in [-0.15, -0.1) is 11.3 Å². The number of nitrogens with two attached hydrogens (primary N) is 1. The zero-order valence-electron chi connectivity index (χ0n) is 9.97. The Kier molecular flexibility index (Phi) is 3.59. The van der Waals surface area contributed by atoms with Gasteiger partial charge >= 0.3 is 0 Å². The molecule has 0 spiro atoms. The first-order valence-electron chi connectivity index (χ1n) is 6.39. The van der Waals surface area contributed by atoms with E-state index in [-0.39, 0.29) is 0 Å². The van der Waals surface area contributed by atoms with E-state index < -0.39 is 0 Å². The molecule has 2 unspecified atom stereocenters. The quantitative estimate of drug-likeness (QED) is 0.896. The normalized spacial score (nSPS) is 30.1. The van der Waals surface area contributed by atoms with Crippen molar-refractivity contribution >= 4 is 28.2 Å². The smallest absolute Gasteiger partial charge is 0.180 e. The lowest BCUT2D eigenvalue weighted by atomic mass is 9.93. The summed E-state index contributed by atoms with van der Waals surface area (Å²) in [5, 5.41) is 1.58. The molecule has 2 atom stereocenters. The number of aromatic nitrogens is 1. The van der Waals surface area contributed by atoms with E-state index in [0.29, 0.717) is 5.13 Å². The molecule has 2 fully saturated rings. The maximum atomic E-state index is 5.70. The van der Waals surface area contributed by atoms with Gasteiger partial charge in [-0.1, -0.05) is 12.8 Å². The fourth-order valence-corrected chi connectivity index (χ4v) is 5.18. The van der Waals surface area contributed by atoms with Gasteiger partial charge in [0, 0.05) is 41.2 Å². The summed E-state index contributed by atoms with van der Waals surface area (Å²) < 4.78 is 0. The summed E-state index contributed by atoms with van der Waals surface area (Å²) in [6, 6.07) is 0.797.